The van der Waals surface area contributed by atoms with Crippen molar-refractivity contribution >= 4 is 21.6 Å². The molecule has 0 atom stereocenters. The molecule has 6 heteroatoms. The third-order valence-electron chi connectivity index (χ3n) is 2.71. The Morgan fingerprint density at radius 3 is 2.40 bits per heavy atom. The second kappa shape index (κ2) is 5.83. The first-order chi connectivity index (χ1) is 9.36. The zero-order valence-electron chi connectivity index (χ0n) is 10.8. The van der Waals surface area contributed by atoms with Gasteiger partial charge in [-0.05, 0) is 42.3 Å². The molecule has 20 heavy (non-hydrogen) atoms. The average Bonchev–Trinajstić information content (AvgIpc) is 2.38. The molecule has 0 saturated carbocycles. The van der Waals surface area contributed by atoms with Crippen LogP contribution in [0.25, 0.3) is 0 Å². The summed E-state index contributed by atoms with van der Waals surface area (Å²) in [6, 6.07) is 12.0. The van der Waals surface area contributed by atoms with Crippen molar-refractivity contribution in [2.75, 3.05) is 0 Å². The lowest BCUT2D eigenvalue weighted by molar-refractivity contribution is 0.298. The maximum Gasteiger partial charge on any atom is 0.241 e. The van der Waals surface area contributed by atoms with E-state index in [2.05, 4.69) is 0 Å². The van der Waals surface area contributed by atoms with E-state index in [1.165, 1.54) is 6.07 Å². The zero-order chi connectivity index (χ0) is 14.8. The number of hydrogen-bond donors (Lipinski definition) is 1. The van der Waals surface area contributed by atoms with Crippen LogP contribution in [-0.4, -0.2) is 8.42 Å². The van der Waals surface area contributed by atoms with Gasteiger partial charge in [-0.15, -0.1) is 0 Å². The Balaban J connectivity index is 2.23. The summed E-state index contributed by atoms with van der Waals surface area (Å²) >= 11 is 5.79. The first-order valence-corrected chi connectivity index (χ1v) is 7.79. The highest BCUT2D eigenvalue weighted by Crippen LogP contribution is 2.25. The van der Waals surface area contributed by atoms with E-state index < -0.39 is 10.0 Å². The third-order valence-corrected chi connectivity index (χ3v) is 3.90. The molecule has 0 radical (unpaired) electrons. The summed E-state index contributed by atoms with van der Waals surface area (Å²) in [7, 11) is -3.81. The van der Waals surface area contributed by atoms with Gasteiger partial charge in [0.25, 0.3) is 0 Å². The molecule has 0 amide bonds. The highest BCUT2D eigenvalue weighted by Gasteiger charge is 2.15. The molecule has 106 valence electrons. The summed E-state index contributed by atoms with van der Waals surface area (Å²) in [5.74, 6) is 0.244. The van der Waals surface area contributed by atoms with Gasteiger partial charge in [-0.2, -0.15) is 0 Å². The predicted molar refractivity (Wildman–Crippen MR) is 78.3 cm³/mol. The quantitative estimate of drug-likeness (QED) is 0.944. The molecule has 0 heterocycles. The van der Waals surface area contributed by atoms with Crippen molar-refractivity contribution in [3.63, 3.8) is 0 Å². The van der Waals surface area contributed by atoms with E-state index in [-0.39, 0.29) is 17.3 Å². The van der Waals surface area contributed by atoms with Crippen molar-refractivity contribution in [1.29, 1.82) is 0 Å². The number of ether oxygens (including phenoxy) is 1. The van der Waals surface area contributed by atoms with Crippen LogP contribution >= 0.6 is 11.6 Å². The molecule has 2 aromatic carbocycles. The largest absolute Gasteiger partial charge is 0.487 e. The van der Waals surface area contributed by atoms with Crippen molar-refractivity contribution in [3.8, 4) is 5.75 Å². The molecule has 0 unspecified atom stereocenters. The Morgan fingerprint density at radius 2 is 1.80 bits per heavy atom. The van der Waals surface area contributed by atoms with E-state index in [0.29, 0.717) is 5.02 Å². The van der Waals surface area contributed by atoms with Gasteiger partial charge in [-0.3, -0.25) is 0 Å². The van der Waals surface area contributed by atoms with Gasteiger partial charge in [0.05, 0.1) is 0 Å². The lowest BCUT2D eigenvalue weighted by Crippen LogP contribution is -2.14. The van der Waals surface area contributed by atoms with Crippen molar-refractivity contribution in [2.45, 2.75) is 18.4 Å². The molecule has 0 bridgehead atoms. The van der Waals surface area contributed by atoms with Crippen LogP contribution < -0.4 is 9.88 Å². The van der Waals surface area contributed by atoms with Crippen molar-refractivity contribution in [3.05, 3.63) is 58.6 Å². The van der Waals surface area contributed by atoms with E-state index in [0.717, 1.165) is 11.1 Å². The van der Waals surface area contributed by atoms with Crippen LogP contribution in [0, 0.1) is 6.92 Å². The van der Waals surface area contributed by atoms with Crippen LogP contribution in [-0.2, 0) is 16.6 Å². The Morgan fingerprint density at radius 1 is 1.15 bits per heavy atom. The fraction of sp³-hybridized carbons (Fsp3) is 0.143. The van der Waals surface area contributed by atoms with E-state index in [4.69, 9.17) is 21.5 Å². The molecule has 0 fully saturated rings. The molecule has 2 aromatic rings. The minimum absolute atomic E-state index is 0.00790. The minimum atomic E-state index is -3.81. The number of benzene rings is 2. The Hall–Kier alpha value is -1.56. The van der Waals surface area contributed by atoms with Gasteiger partial charge >= 0.3 is 0 Å². The van der Waals surface area contributed by atoms with Crippen molar-refractivity contribution in [2.24, 2.45) is 5.14 Å². The van der Waals surface area contributed by atoms with Crippen LogP contribution in [0.4, 0.5) is 0 Å². The molecule has 0 aliphatic carbocycles. The van der Waals surface area contributed by atoms with Gasteiger partial charge < -0.3 is 4.74 Å². The summed E-state index contributed by atoms with van der Waals surface area (Å²) in [4.78, 5) is -0.00790. The third kappa shape index (κ3) is 3.72. The Kier molecular flexibility index (Phi) is 4.32. The van der Waals surface area contributed by atoms with Gasteiger partial charge in [0, 0.05) is 5.02 Å². The fourth-order valence-electron chi connectivity index (χ4n) is 1.70. The van der Waals surface area contributed by atoms with Crippen molar-refractivity contribution < 1.29 is 13.2 Å². The fourth-order valence-corrected chi connectivity index (χ4v) is 2.58. The standard InChI is InChI=1S/C14H14ClNO3S/c1-10-2-7-13(14(8-10)20(16,17)18)19-9-11-3-5-12(15)6-4-11/h2-8H,9H2,1H3,(H2,16,17,18). The Bertz CT molecular complexity index is 712. The van der Waals surface area contributed by atoms with Crippen LogP contribution in [0.1, 0.15) is 11.1 Å². The highest BCUT2D eigenvalue weighted by molar-refractivity contribution is 7.89. The molecule has 0 aliphatic heterocycles. The summed E-state index contributed by atoms with van der Waals surface area (Å²) in [6.07, 6.45) is 0. The van der Waals surface area contributed by atoms with E-state index in [1.54, 1.807) is 31.2 Å². The smallest absolute Gasteiger partial charge is 0.241 e. The molecular weight excluding hydrogens is 298 g/mol. The number of halogens is 1. The van der Waals surface area contributed by atoms with Gasteiger partial charge in [-0.1, -0.05) is 29.8 Å². The number of sulfonamides is 1. The van der Waals surface area contributed by atoms with E-state index in [1.807, 2.05) is 12.1 Å². The first-order valence-electron chi connectivity index (χ1n) is 5.87. The lowest BCUT2D eigenvalue weighted by Gasteiger charge is -2.11. The maximum absolute atomic E-state index is 11.5. The van der Waals surface area contributed by atoms with Crippen LogP contribution in [0.15, 0.2) is 47.4 Å². The summed E-state index contributed by atoms with van der Waals surface area (Å²) < 4.78 is 28.6. The van der Waals surface area contributed by atoms with Crippen LogP contribution in [0.5, 0.6) is 5.75 Å². The van der Waals surface area contributed by atoms with E-state index >= 15 is 0 Å². The summed E-state index contributed by atoms with van der Waals surface area (Å²) in [5.41, 5.74) is 1.68. The second-order valence-electron chi connectivity index (χ2n) is 4.41. The monoisotopic (exact) mass is 311 g/mol. The van der Waals surface area contributed by atoms with Crippen LogP contribution in [0.3, 0.4) is 0 Å². The molecular formula is C14H14ClNO3S. The van der Waals surface area contributed by atoms with Gasteiger partial charge in [0.15, 0.2) is 0 Å². The first kappa shape index (κ1) is 14.8. The molecule has 0 aromatic heterocycles. The van der Waals surface area contributed by atoms with Crippen molar-refractivity contribution in [1.82, 2.24) is 0 Å². The Labute approximate surface area is 123 Å². The number of nitrogens with two attached hydrogens (primary N) is 1. The molecule has 0 aliphatic rings. The number of primary sulfonamides is 1. The summed E-state index contributed by atoms with van der Waals surface area (Å²) in [5, 5.41) is 5.82. The number of rotatable bonds is 4. The topological polar surface area (TPSA) is 69.4 Å². The van der Waals surface area contributed by atoms with E-state index in [9.17, 15) is 8.42 Å². The zero-order valence-corrected chi connectivity index (χ0v) is 12.4. The van der Waals surface area contributed by atoms with Gasteiger partial charge in [0.1, 0.15) is 17.3 Å². The average molecular weight is 312 g/mol. The molecule has 0 saturated heterocycles. The van der Waals surface area contributed by atoms with Crippen LogP contribution in [0.2, 0.25) is 5.02 Å². The minimum Gasteiger partial charge on any atom is -0.487 e. The number of hydrogen-bond acceptors (Lipinski definition) is 3. The van der Waals surface area contributed by atoms with Gasteiger partial charge in [0.2, 0.25) is 10.0 Å². The molecule has 0 spiro atoms. The highest BCUT2D eigenvalue weighted by atomic mass is 35.5. The molecule has 4 nitrogen and oxygen atoms in total. The number of aryl methyl sites for hydroxylation is 1. The molecule has 2 rings (SSSR count). The SMILES string of the molecule is Cc1ccc(OCc2ccc(Cl)cc2)c(S(N)(=O)=O)c1. The maximum atomic E-state index is 11.5. The molecule has 2 N–H and O–H groups in total. The van der Waals surface area contributed by atoms with Gasteiger partial charge in [-0.25, -0.2) is 13.6 Å². The normalized spacial score (nSPS) is 11.3. The second-order valence-corrected chi connectivity index (χ2v) is 6.38. The lowest BCUT2D eigenvalue weighted by atomic mass is 10.2. The summed E-state index contributed by atoms with van der Waals surface area (Å²) in [6.45, 7) is 2.03. The predicted octanol–water partition coefficient (Wildman–Crippen LogP) is 2.87.